The predicted octanol–water partition coefficient (Wildman–Crippen LogP) is 1.49. The zero-order valence-electron chi connectivity index (χ0n) is 10.7. The number of nitrogens with one attached hydrogen (secondary N) is 1. The Balaban J connectivity index is 1.80. The lowest BCUT2D eigenvalue weighted by Gasteiger charge is -2.21. The van der Waals surface area contributed by atoms with Gasteiger partial charge >= 0.3 is 0 Å². The summed E-state index contributed by atoms with van der Waals surface area (Å²) in [5, 5.41) is 13.0. The Morgan fingerprint density at radius 2 is 2.22 bits per heavy atom. The Bertz CT molecular complexity index is 420. The van der Waals surface area contributed by atoms with Crippen molar-refractivity contribution in [2.45, 2.75) is 32.4 Å². The summed E-state index contributed by atoms with van der Waals surface area (Å²) in [7, 11) is 0. The zero-order chi connectivity index (χ0) is 13.0. The van der Waals surface area contributed by atoms with E-state index in [1.54, 1.807) is 6.07 Å². The number of carbonyl (C=O) groups is 1. The van der Waals surface area contributed by atoms with E-state index in [4.69, 9.17) is 0 Å². The van der Waals surface area contributed by atoms with Crippen LogP contribution in [-0.2, 0) is 11.3 Å². The average Bonchev–Trinajstić information content (AvgIpc) is 2.74. The Kier molecular flexibility index (Phi) is 4.20. The molecule has 4 heteroatoms. The van der Waals surface area contributed by atoms with Crippen LogP contribution in [0.4, 0.5) is 0 Å². The average molecular weight is 248 g/mol. The minimum Gasteiger partial charge on any atom is -0.508 e. The fraction of sp³-hybridized carbons (Fsp3) is 0.500. The van der Waals surface area contributed by atoms with Gasteiger partial charge in [-0.15, -0.1) is 0 Å². The number of amides is 1. The van der Waals surface area contributed by atoms with Gasteiger partial charge in [0.1, 0.15) is 5.75 Å². The maximum Gasteiger partial charge on any atom is 0.222 e. The van der Waals surface area contributed by atoms with E-state index in [2.05, 4.69) is 12.2 Å². The quantitative estimate of drug-likeness (QED) is 0.830. The molecule has 18 heavy (non-hydrogen) atoms. The first-order valence-corrected chi connectivity index (χ1v) is 6.45. The minimum absolute atomic E-state index is 0.228. The van der Waals surface area contributed by atoms with Crippen molar-refractivity contribution in [2.24, 2.45) is 0 Å². The van der Waals surface area contributed by atoms with E-state index in [1.807, 2.05) is 23.1 Å². The van der Waals surface area contributed by atoms with E-state index in [1.165, 1.54) is 0 Å². The van der Waals surface area contributed by atoms with Crippen molar-refractivity contribution in [3.63, 3.8) is 0 Å². The number of hydrogen-bond donors (Lipinski definition) is 2. The fourth-order valence-corrected chi connectivity index (χ4v) is 2.24. The number of likely N-dealkylation sites (tertiary alicyclic amines) is 1. The third-order valence-corrected chi connectivity index (χ3v) is 3.30. The number of nitrogens with zero attached hydrogens (tertiary/aromatic N) is 1. The zero-order valence-corrected chi connectivity index (χ0v) is 10.7. The Morgan fingerprint density at radius 1 is 1.44 bits per heavy atom. The molecule has 4 nitrogen and oxygen atoms in total. The van der Waals surface area contributed by atoms with E-state index in [-0.39, 0.29) is 11.9 Å². The molecule has 1 heterocycles. The van der Waals surface area contributed by atoms with Crippen LogP contribution in [0, 0.1) is 0 Å². The van der Waals surface area contributed by atoms with Crippen molar-refractivity contribution in [3.8, 4) is 5.75 Å². The Hall–Kier alpha value is -1.55. The topological polar surface area (TPSA) is 52.6 Å². The second-order valence-corrected chi connectivity index (χ2v) is 4.85. The molecule has 1 aromatic carbocycles. The van der Waals surface area contributed by atoms with Crippen molar-refractivity contribution in [1.29, 1.82) is 0 Å². The SMILES string of the molecule is CC(CN1CCCC1=O)NCc1ccccc1O. The molecular weight excluding hydrogens is 228 g/mol. The van der Waals surface area contributed by atoms with Gasteiger partial charge in [-0.2, -0.15) is 0 Å². The van der Waals surface area contributed by atoms with Crippen LogP contribution in [0.15, 0.2) is 24.3 Å². The molecular formula is C14H20N2O2. The molecule has 1 unspecified atom stereocenters. The van der Waals surface area contributed by atoms with E-state index >= 15 is 0 Å². The standard InChI is InChI=1S/C14H20N2O2/c1-11(10-16-8-4-7-14(16)18)15-9-12-5-2-3-6-13(12)17/h2-3,5-6,11,15,17H,4,7-10H2,1H3. The molecule has 1 aromatic rings. The number of phenols is 1. The van der Waals surface area contributed by atoms with Crippen LogP contribution < -0.4 is 5.32 Å². The molecule has 0 radical (unpaired) electrons. The Morgan fingerprint density at radius 3 is 2.89 bits per heavy atom. The van der Waals surface area contributed by atoms with Gasteiger partial charge in [0.25, 0.3) is 0 Å². The van der Waals surface area contributed by atoms with Crippen LogP contribution in [-0.4, -0.2) is 35.0 Å². The number of rotatable bonds is 5. The summed E-state index contributed by atoms with van der Waals surface area (Å²) in [6.45, 7) is 4.30. The lowest BCUT2D eigenvalue weighted by molar-refractivity contribution is -0.127. The molecule has 0 aliphatic carbocycles. The van der Waals surface area contributed by atoms with Crippen molar-refractivity contribution in [3.05, 3.63) is 29.8 Å². The molecule has 98 valence electrons. The maximum atomic E-state index is 11.5. The number of benzene rings is 1. The highest BCUT2D eigenvalue weighted by Crippen LogP contribution is 2.15. The van der Waals surface area contributed by atoms with Crippen molar-refractivity contribution >= 4 is 5.91 Å². The predicted molar refractivity (Wildman–Crippen MR) is 70.2 cm³/mol. The van der Waals surface area contributed by atoms with Gasteiger partial charge in [-0.05, 0) is 19.4 Å². The molecule has 0 saturated carbocycles. The molecule has 1 aliphatic rings. The third kappa shape index (κ3) is 3.23. The summed E-state index contributed by atoms with van der Waals surface area (Å²) < 4.78 is 0. The van der Waals surface area contributed by atoms with E-state index in [0.717, 1.165) is 25.1 Å². The first-order chi connectivity index (χ1) is 8.66. The highest BCUT2D eigenvalue weighted by Gasteiger charge is 2.21. The van der Waals surface area contributed by atoms with Gasteiger partial charge in [-0.25, -0.2) is 0 Å². The van der Waals surface area contributed by atoms with Gasteiger partial charge in [0.15, 0.2) is 0 Å². The highest BCUT2D eigenvalue weighted by molar-refractivity contribution is 5.78. The Labute approximate surface area is 108 Å². The van der Waals surface area contributed by atoms with Gasteiger partial charge in [-0.3, -0.25) is 4.79 Å². The molecule has 0 bridgehead atoms. The lowest BCUT2D eigenvalue weighted by atomic mass is 10.2. The number of carbonyl (C=O) groups excluding carboxylic acids is 1. The molecule has 2 N–H and O–H groups in total. The lowest BCUT2D eigenvalue weighted by Crippen LogP contribution is -2.39. The molecule has 1 aliphatic heterocycles. The summed E-state index contributed by atoms with van der Waals surface area (Å²) in [6.07, 6.45) is 1.66. The number of para-hydroxylation sites is 1. The largest absolute Gasteiger partial charge is 0.508 e. The monoisotopic (exact) mass is 248 g/mol. The molecule has 0 spiro atoms. The van der Waals surface area contributed by atoms with Crippen LogP contribution in [0.3, 0.4) is 0 Å². The van der Waals surface area contributed by atoms with Crippen LogP contribution in [0.25, 0.3) is 0 Å². The number of phenolic OH excluding ortho intramolecular Hbond substituents is 1. The third-order valence-electron chi connectivity index (χ3n) is 3.30. The van der Waals surface area contributed by atoms with E-state index in [0.29, 0.717) is 18.7 Å². The second kappa shape index (κ2) is 5.87. The van der Waals surface area contributed by atoms with E-state index < -0.39 is 0 Å². The van der Waals surface area contributed by atoms with Crippen molar-refractivity contribution in [2.75, 3.05) is 13.1 Å². The summed E-state index contributed by atoms with van der Waals surface area (Å²) >= 11 is 0. The molecule has 1 saturated heterocycles. The van der Waals surface area contributed by atoms with Crippen LogP contribution in [0.2, 0.25) is 0 Å². The van der Waals surface area contributed by atoms with Gasteiger partial charge in [0, 0.05) is 37.7 Å². The molecule has 1 fully saturated rings. The molecule has 2 rings (SSSR count). The van der Waals surface area contributed by atoms with Crippen LogP contribution in [0.1, 0.15) is 25.3 Å². The summed E-state index contributed by atoms with van der Waals surface area (Å²) in [6, 6.07) is 7.53. The first kappa shape index (κ1) is 12.9. The minimum atomic E-state index is 0.228. The number of aromatic hydroxyl groups is 1. The normalized spacial score (nSPS) is 17.2. The molecule has 1 atom stereocenters. The van der Waals surface area contributed by atoms with Gasteiger partial charge < -0.3 is 15.3 Å². The summed E-state index contributed by atoms with van der Waals surface area (Å²) in [5.74, 6) is 0.570. The number of hydrogen-bond acceptors (Lipinski definition) is 3. The van der Waals surface area contributed by atoms with Gasteiger partial charge in [0.05, 0.1) is 0 Å². The molecule has 0 aromatic heterocycles. The summed E-state index contributed by atoms with van der Waals surface area (Å²) in [4.78, 5) is 13.4. The second-order valence-electron chi connectivity index (χ2n) is 4.85. The highest BCUT2D eigenvalue weighted by atomic mass is 16.3. The van der Waals surface area contributed by atoms with Crippen LogP contribution >= 0.6 is 0 Å². The van der Waals surface area contributed by atoms with Crippen molar-refractivity contribution in [1.82, 2.24) is 10.2 Å². The van der Waals surface area contributed by atoms with Crippen LogP contribution in [0.5, 0.6) is 5.75 Å². The summed E-state index contributed by atoms with van der Waals surface area (Å²) in [5.41, 5.74) is 0.886. The molecule has 1 amide bonds. The van der Waals surface area contributed by atoms with Crippen molar-refractivity contribution < 1.29 is 9.90 Å². The maximum absolute atomic E-state index is 11.5. The first-order valence-electron chi connectivity index (χ1n) is 6.45. The smallest absolute Gasteiger partial charge is 0.222 e. The fourth-order valence-electron chi connectivity index (χ4n) is 2.24. The van der Waals surface area contributed by atoms with Gasteiger partial charge in [0.2, 0.25) is 5.91 Å². The van der Waals surface area contributed by atoms with Gasteiger partial charge in [-0.1, -0.05) is 18.2 Å². The van der Waals surface area contributed by atoms with E-state index in [9.17, 15) is 9.90 Å².